The van der Waals surface area contributed by atoms with E-state index in [-0.39, 0.29) is 18.2 Å². The predicted molar refractivity (Wildman–Crippen MR) is 134 cm³/mol. The molecule has 0 aliphatic rings. The van der Waals surface area contributed by atoms with E-state index in [0.717, 1.165) is 34.2 Å². The largest absolute Gasteiger partial charge is 0.354 e. The van der Waals surface area contributed by atoms with Gasteiger partial charge in [-0.25, -0.2) is 0 Å². The third-order valence-electron chi connectivity index (χ3n) is 5.77. The van der Waals surface area contributed by atoms with Crippen molar-refractivity contribution in [2.75, 3.05) is 6.54 Å². The van der Waals surface area contributed by atoms with E-state index in [1.165, 1.54) is 0 Å². The summed E-state index contributed by atoms with van der Waals surface area (Å²) < 4.78 is 0. The maximum atomic E-state index is 13.6. The van der Waals surface area contributed by atoms with Crippen LogP contribution in [0.1, 0.15) is 41.2 Å². The normalized spacial score (nSPS) is 11.6. The van der Waals surface area contributed by atoms with Gasteiger partial charge in [-0.2, -0.15) is 0 Å². The van der Waals surface area contributed by atoms with Crippen LogP contribution in [0.5, 0.6) is 0 Å². The highest BCUT2D eigenvalue weighted by atomic mass is 16.2. The number of carbonyl (C=O) groups is 2. The van der Waals surface area contributed by atoms with Crippen LogP contribution in [0.4, 0.5) is 0 Å². The second kappa shape index (κ2) is 12.0. The first-order valence-corrected chi connectivity index (χ1v) is 11.7. The molecule has 0 aliphatic heterocycles. The van der Waals surface area contributed by atoms with Crippen molar-refractivity contribution in [2.45, 2.75) is 52.6 Å². The number of nitrogens with zero attached hydrogens (tertiary/aromatic N) is 1. The second-order valence-electron chi connectivity index (χ2n) is 8.67. The Morgan fingerprint density at radius 1 is 0.788 bits per heavy atom. The smallest absolute Gasteiger partial charge is 0.243 e. The maximum absolute atomic E-state index is 13.6. The zero-order valence-corrected chi connectivity index (χ0v) is 19.9. The molecule has 0 unspecified atom stereocenters. The van der Waals surface area contributed by atoms with Crippen LogP contribution in [-0.2, 0) is 29.0 Å². The molecule has 1 N–H and O–H groups in total. The van der Waals surface area contributed by atoms with Crippen molar-refractivity contribution in [3.8, 4) is 0 Å². The fourth-order valence-corrected chi connectivity index (χ4v) is 3.79. The third-order valence-corrected chi connectivity index (χ3v) is 5.77. The molecule has 0 spiro atoms. The van der Waals surface area contributed by atoms with Gasteiger partial charge in [-0.1, -0.05) is 96.9 Å². The number of aryl methyl sites for hydroxylation is 2. The highest BCUT2D eigenvalue weighted by Crippen LogP contribution is 2.17. The van der Waals surface area contributed by atoms with Crippen LogP contribution in [0.25, 0.3) is 0 Å². The van der Waals surface area contributed by atoms with Gasteiger partial charge in [0, 0.05) is 19.5 Å². The van der Waals surface area contributed by atoms with Crippen molar-refractivity contribution in [3.63, 3.8) is 0 Å². The molecular weight excluding hydrogens is 408 g/mol. The SMILES string of the molecule is CCCNC(=O)[C@@H](Cc1ccccc1)N(Cc1ccc(C)cc1)C(=O)Cc1ccc(C)cc1. The Labute approximate surface area is 197 Å². The number of hydrogen-bond donors (Lipinski definition) is 1. The van der Waals surface area contributed by atoms with Crippen molar-refractivity contribution in [3.05, 3.63) is 107 Å². The zero-order chi connectivity index (χ0) is 23.6. The number of hydrogen-bond acceptors (Lipinski definition) is 2. The number of carbonyl (C=O) groups excluding carboxylic acids is 2. The van der Waals surface area contributed by atoms with Gasteiger partial charge in [-0.15, -0.1) is 0 Å². The quantitative estimate of drug-likeness (QED) is 0.480. The van der Waals surface area contributed by atoms with Gasteiger partial charge in [0.15, 0.2) is 0 Å². The van der Waals surface area contributed by atoms with Gasteiger partial charge < -0.3 is 10.2 Å². The van der Waals surface area contributed by atoms with E-state index in [0.29, 0.717) is 19.5 Å². The summed E-state index contributed by atoms with van der Waals surface area (Å²) in [6.45, 7) is 7.08. The minimum Gasteiger partial charge on any atom is -0.354 e. The minimum atomic E-state index is -0.585. The second-order valence-corrected chi connectivity index (χ2v) is 8.67. The van der Waals surface area contributed by atoms with Crippen LogP contribution in [0.15, 0.2) is 78.9 Å². The summed E-state index contributed by atoms with van der Waals surface area (Å²) in [5.74, 6) is -0.155. The van der Waals surface area contributed by atoms with E-state index in [9.17, 15) is 9.59 Å². The molecule has 0 saturated carbocycles. The van der Waals surface area contributed by atoms with Crippen molar-refractivity contribution in [1.29, 1.82) is 0 Å². The Kier molecular flexibility index (Phi) is 8.82. The molecule has 0 fully saturated rings. The summed E-state index contributed by atoms with van der Waals surface area (Å²) >= 11 is 0. The van der Waals surface area contributed by atoms with Crippen LogP contribution in [0.3, 0.4) is 0 Å². The first-order valence-electron chi connectivity index (χ1n) is 11.7. The van der Waals surface area contributed by atoms with Crippen molar-refractivity contribution >= 4 is 11.8 Å². The number of nitrogens with one attached hydrogen (secondary N) is 1. The van der Waals surface area contributed by atoms with Crippen molar-refractivity contribution < 1.29 is 9.59 Å². The number of amides is 2. The molecule has 1 atom stereocenters. The summed E-state index contributed by atoms with van der Waals surface area (Å²) in [6, 6.07) is 25.5. The summed E-state index contributed by atoms with van der Waals surface area (Å²) in [5.41, 5.74) is 5.32. The third kappa shape index (κ3) is 7.31. The molecule has 0 heterocycles. The molecule has 0 aromatic heterocycles. The van der Waals surface area contributed by atoms with E-state index in [1.54, 1.807) is 4.90 Å². The molecule has 4 heteroatoms. The molecule has 3 rings (SSSR count). The lowest BCUT2D eigenvalue weighted by molar-refractivity contribution is -0.140. The molecule has 3 aromatic rings. The van der Waals surface area contributed by atoms with Crippen LogP contribution in [0, 0.1) is 13.8 Å². The lowest BCUT2D eigenvalue weighted by atomic mass is 10.0. The maximum Gasteiger partial charge on any atom is 0.243 e. The molecule has 33 heavy (non-hydrogen) atoms. The van der Waals surface area contributed by atoms with Crippen LogP contribution in [0.2, 0.25) is 0 Å². The van der Waals surface area contributed by atoms with Gasteiger partial charge in [0.25, 0.3) is 0 Å². The average Bonchev–Trinajstić information content (AvgIpc) is 2.83. The molecule has 0 radical (unpaired) electrons. The monoisotopic (exact) mass is 442 g/mol. The van der Waals surface area contributed by atoms with E-state index in [4.69, 9.17) is 0 Å². The van der Waals surface area contributed by atoms with Gasteiger partial charge in [0.2, 0.25) is 11.8 Å². The topological polar surface area (TPSA) is 49.4 Å². The molecule has 0 bridgehead atoms. The summed E-state index contributed by atoms with van der Waals surface area (Å²) in [6.07, 6.45) is 1.58. The van der Waals surface area contributed by atoms with Crippen LogP contribution < -0.4 is 5.32 Å². The highest BCUT2D eigenvalue weighted by Gasteiger charge is 2.30. The Bertz CT molecular complexity index is 1030. The molecular formula is C29H34N2O2. The molecule has 2 amide bonds. The van der Waals surface area contributed by atoms with Gasteiger partial charge in [0.1, 0.15) is 6.04 Å². The minimum absolute atomic E-state index is 0.0491. The molecule has 0 saturated heterocycles. The fourth-order valence-electron chi connectivity index (χ4n) is 3.79. The van der Waals surface area contributed by atoms with Crippen molar-refractivity contribution in [2.24, 2.45) is 0 Å². The van der Waals surface area contributed by atoms with Crippen LogP contribution >= 0.6 is 0 Å². The number of rotatable bonds is 10. The zero-order valence-electron chi connectivity index (χ0n) is 19.9. The van der Waals surface area contributed by atoms with Gasteiger partial charge >= 0.3 is 0 Å². The summed E-state index contributed by atoms with van der Waals surface area (Å²) in [7, 11) is 0. The molecule has 4 nitrogen and oxygen atoms in total. The van der Waals surface area contributed by atoms with Crippen LogP contribution in [-0.4, -0.2) is 29.3 Å². The predicted octanol–water partition coefficient (Wildman–Crippen LogP) is 5.01. The first-order chi connectivity index (χ1) is 16.0. The molecule has 172 valence electrons. The average molecular weight is 443 g/mol. The Morgan fingerprint density at radius 3 is 1.94 bits per heavy atom. The lowest BCUT2D eigenvalue weighted by Gasteiger charge is -2.31. The van der Waals surface area contributed by atoms with E-state index < -0.39 is 6.04 Å². The number of benzene rings is 3. The van der Waals surface area contributed by atoms with E-state index in [2.05, 4.69) is 5.32 Å². The van der Waals surface area contributed by atoms with E-state index in [1.807, 2.05) is 99.6 Å². The standard InChI is InChI=1S/C29H34N2O2/c1-4-18-30-29(33)27(19-24-8-6-5-7-9-24)31(21-26-16-12-23(3)13-17-26)28(32)20-25-14-10-22(2)11-15-25/h5-17,27H,4,18-21H2,1-3H3,(H,30,33)/t27-/m1/s1. The van der Waals surface area contributed by atoms with Gasteiger partial charge in [0.05, 0.1) is 6.42 Å². The van der Waals surface area contributed by atoms with Gasteiger partial charge in [-0.3, -0.25) is 9.59 Å². The van der Waals surface area contributed by atoms with Gasteiger partial charge in [-0.05, 0) is 37.0 Å². The lowest BCUT2D eigenvalue weighted by Crippen LogP contribution is -2.51. The summed E-state index contributed by atoms with van der Waals surface area (Å²) in [4.78, 5) is 28.7. The Morgan fingerprint density at radius 2 is 1.36 bits per heavy atom. The highest BCUT2D eigenvalue weighted by molar-refractivity contribution is 5.88. The first kappa shape index (κ1) is 24.2. The van der Waals surface area contributed by atoms with Crippen molar-refractivity contribution in [1.82, 2.24) is 10.2 Å². The molecule has 3 aromatic carbocycles. The molecule has 0 aliphatic carbocycles. The fraction of sp³-hybridized carbons (Fsp3) is 0.310. The van der Waals surface area contributed by atoms with E-state index >= 15 is 0 Å². The Hall–Kier alpha value is -3.40. The Balaban J connectivity index is 1.93. The summed E-state index contributed by atoms with van der Waals surface area (Å²) in [5, 5.41) is 3.02.